The number of benzene rings is 1. The topological polar surface area (TPSA) is 17.8 Å². The largest absolute Gasteiger partial charge is 0.319 e. The molecule has 72 valence electrons. The summed E-state index contributed by atoms with van der Waals surface area (Å²) in [7, 11) is 0. The lowest BCUT2D eigenvalue weighted by Crippen LogP contribution is -2.06. The van der Waals surface area contributed by atoms with Crippen LogP contribution in [0.4, 0.5) is 0 Å². The summed E-state index contributed by atoms with van der Waals surface area (Å²) < 4.78 is 2.34. The molecular formula is C11H12N2S. The molecule has 2 aromatic rings. The molecule has 0 spiro atoms. The lowest BCUT2D eigenvalue weighted by Gasteiger charge is -2.12. The van der Waals surface area contributed by atoms with Crippen molar-refractivity contribution >= 4 is 22.8 Å². The molecule has 0 fully saturated rings. The molecule has 14 heavy (non-hydrogen) atoms. The van der Waals surface area contributed by atoms with E-state index in [2.05, 4.69) is 34.7 Å². The molecule has 0 saturated heterocycles. The molecule has 3 heteroatoms. The minimum absolute atomic E-state index is 1.13. The first-order valence-electron chi connectivity index (χ1n) is 4.94. The summed E-state index contributed by atoms with van der Waals surface area (Å²) in [6.45, 7) is 3.24. The summed E-state index contributed by atoms with van der Waals surface area (Å²) in [6.07, 6.45) is 1.26. The normalized spacial score (nSPS) is 15.8. The number of thioether (sulfide) groups is 1. The highest BCUT2D eigenvalue weighted by Gasteiger charge is 2.14. The summed E-state index contributed by atoms with van der Waals surface area (Å²) >= 11 is 1.87. The minimum atomic E-state index is 1.13. The van der Waals surface area contributed by atoms with E-state index >= 15 is 0 Å². The third-order valence-electron chi connectivity index (χ3n) is 2.63. The van der Waals surface area contributed by atoms with Crippen molar-refractivity contribution in [3.63, 3.8) is 0 Å². The standard InChI is InChI=1S/C11H12N2S/c1-8-3-4-10-9(7-8)12-11-13(10)5-2-6-14-11/h3-4,7H,2,5-6H2,1H3. The van der Waals surface area contributed by atoms with Gasteiger partial charge in [-0.05, 0) is 31.0 Å². The van der Waals surface area contributed by atoms with E-state index in [0.29, 0.717) is 0 Å². The Hall–Kier alpha value is -0.960. The van der Waals surface area contributed by atoms with Gasteiger partial charge in [-0.3, -0.25) is 0 Å². The molecule has 0 amide bonds. The average Bonchev–Trinajstić information content (AvgIpc) is 2.54. The van der Waals surface area contributed by atoms with E-state index in [1.54, 1.807) is 0 Å². The molecule has 0 saturated carbocycles. The molecule has 1 aliphatic rings. The van der Waals surface area contributed by atoms with Crippen molar-refractivity contribution in [1.29, 1.82) is 0 Å². The van der Waals surface area contributed by atoms with Gasteiger partial charge in [0.2, 0.25) is 0 Å². The van der Waals surface area contributed by atoms with Gasteiger partial charge in [-0.1, -0.05) is 17.8 Å². The number of fused-ring (bicyclic) bond motifs is 3. The Morgan fingerprint density at radius 3 is 3.29 bits per heavy atom. The average molecular weight is 204 g/mol. The van der Waals surface area contributed by atoms with Crippen LogP contribution in [0.1, 0.15) is 12.0 Å². The lowest BCUT2D eigenvalue weighted by molar-refractivity contribution is 0.624. The zero-order valence-electron chi connectivity index (χ0n) is 8.16. The van der Waals surface area contributed by atoms with E-state index in [1.165, 1.54) is 28.4 Å². The van der Waals surface area contributed by atoms with Crippen molar-refractivity contribution in [2.45, 2.75) is 25.0 Å². The molecule has 3 rings (SSSR count). The smallest absolute Gasteiger partial charge is 0.169 e. The highest BCUT2D eigenvalue weighted by molar-refractivity contribution is 7.99. The molecule has 0 unspecified atom stereocenters. The summed E-state index contributed by atoms with van der Waals surface area (Å²) in [5.41, 5.74) is 3.73. The minimum Gasteiger partial charge on any atom is -0.319 e. The Labute approximate surface area is 87.3 Å². The van der Waals surface area contributed by atoms with Crippen LogP contribution in [0.25, 0.3) is 11.0 Å². The van der Waals surface area contributed by atoms with Crippen LogP contribution in [-0.4, -0.2) is 15.3 Å². The SMILES string of the molecule is Cc1ccc2c(c1)nc1n2CCCS1. The molecule has 1 aromatic carbocycles. The molecule has 2 heterocycles. The van der Waals surface area contributed by atoms with Gasteiger partial charge in [-0.25, -0.2) is 4.98 Å². The summed E-state index contributed by atoms with van der Waals surface area (Å²) in [5, 5.41) is 1.19. The first kappa shape index (κ1) is 8.36. The Morgan fingerprint density at radius 2 is 2.36 bits per heavy atom. The Morgan fingerprint density at radius 1 is 1.43 bits per heavy atom. The zero-order valence-corrected chi connectivity index (χ0v) is 8.97. The highest BCUT2D eigenvalue weighted by Crippen LogP contribution is 2.28. The van der Waals surface area contributed by atoms with E-state index in [9.17, 15) is 0 Å². The maximum Gasteiger partial charge on any atom is 0.169 e. The molecule has 0 aliphatic carbocycles. The summed E-state index contributed by atoms with van der Waals surface area (Å²) in [4.78, 5) is 4.64. The van der Waals surface area contributed by atoms with Gasteiger partial charge in [-0.2, -0.15) is 0 Å². The van der Waals surface area contributed by atoms with Crippen molar-refractivity contribution < 1.29 is 0 Å². The fourth-order valence-electron chi connectivity index (χ4n) is 1.93. The van der Waals surface area contributed by atoms with Gasteiger partial charge in [0.15, 0.2) is 5.16 Å². The van der Waals surface area contributed by atoms with E-state index < -0.39 is 0 Å². The number of nitrogens with zero attached hydrogens (tertiary/aromatic N) is 2. The van der Waals surface area contributed by atoms with Crippen LogP contribution < -0.4 is 0 Å². The van der Waals surface area contributed by atoms with Gasteiger partial charge in [0.25, 0.3) is 0 Å². The van der Waals surface area contributed by atoms with E-state index in [0.717, 1.165) is 12.1 Å². The first-order valence-corrected chi connectivity index (χ1v) is 5.93. The second kappa shape index (κ2) is 3.02. The third-order valence-corrected chi connectivity index (χ3v) is 3.69. The van der Waals surface area contributed by atoms with Crippen LogP contribution in [0.2, 0.25) is 0 Å². The molecule has 0 atom stereocenters. The second-order valence-electron chi connectivity index (χ2n) is 3.74. The number of hydrogen-bond acceptors (Lipinski definition) is 2. The number of aryl methyl sites for hydroxylation is 2. The van der Waals surface area contributed by atoms with E-state index in [4.69, 9.17) is 0 Å². The Kier molecular flexibility index (Phi) is 1.80. The van der Waals surface area contributed by atoms with Crippen LogP contribution in [0.5, 0.6) is 0 Å². The molecule has 2 nitrogen and oxygen atoms in total. The third kappa shape index (κ3) is 1.16. The maximum atomic E-state index is 4.64. The van der Waals surface area contributed by atoms with Crippen molar-refractivity contribution in [2.75, 3.05) is 5.75 Å². The summed E-state index contributed by atoms with van der Waals surface area (Å²) in [5.74, 6) is 1.21. The maximum absolute atomic E-state index is 4.64. The van der Waals surface area contributed by atoms with E-state index in [1.807, 2.05) is 11.8 Å². The Bertz CT molecular complexity index is 487. The molecule has 1 aliphatic heterocycles. The van der Waals surface area contributed by atoms with Gasteiger partial charge >= 0.3 is 0 Å². The fourth-order valence-corrected chi connectivity index (χ4v) is 2.89. The van der Waals surface area contributed by atoms with Crippen LogP contribution in [0, 0.1) is 6.92 Å². The van der Waals surface area contributed by atoms with Gasteiger partial charge < -0.3 is 4.57 Å². The quantitative estimate of drug-likeness (QED) is 0.656. The predicted octanol–water partition coefficient (Wildman–Crippen LogP) is 2.84. The molecule has 1 aromatic heterocycles. The van der Waals surface area contributed by atoms with Crippen molar-refractivity contribution in [1.82, 2.24) is 9.55 Å². The number of imidazole rings is 1. The summed E-state index contributed by atoms with van der Waals surface area (Å²) in [6, 6.07) is 6.52. The van der Waals surface area contributed by atoms with Crippen molar-refractivity contribution in [2.24, 2.45) is 0 Å². The van der Waals surface area contributed by atoms with Crippen LogP contribution in [0.3, 0.4) is 0 Å². The fraction of sp³-hybridized carbons (Fsp3) is 0.364. The van der Waals surface area contributed by atoms with E-state index in [-0.39, 0.29) is 0 Å². The monoisotopic (exact) mass is 204 g/mol. The van der Waals surface area contributed by atoms with Gasteiger partial charge in [0, 0.05) is 12.3 Å². The van der Waals surface area contributed by atoms with Crippen LogP contribution in [-0.2, 0) is 6.54 Å². The van der Waals surface area contributed by atoms with Crippen LogP contribution >= 0.6 is 11.8 Å². The van der Waals surface area contributed by atoms with Gasteiger partial charge in [0.05, 0.1) is 11.0 Å². The molecule has 0 N–H and O–H groups in total. The van der Waals surface area contributed by atoms with Gasteiger partial charge in [-0.15, -0.1) is 0 Å². The second-order valence-corrected chi connectivity index (χ2v) is 4.80. The van der Waals surface area contributed by atoms with Crippen molar-refractivity contribution in [3.8, 4) is 0 Å². The first-order chi connectivity index (χ1) is 6.84. The predicted molar refractivity (Wildman–Crippen MR) is 59.8 cm³/mol. The molecular weight excluding hydrogens is 192 g/mol. The van der Waals surface area contributed by atoms with Crippen LogP contribution in [0.15, 0.2) is 23.4 Å². The lowest BCUT2D eigenvalue weighted by atomic mass is 10.2. The Balaban J connectivity index is 2.31. The molecule has 0 radical (unpaired) electrons. The highest BCUT2D eigenvalue weighted by atomic mass is 32.2. The molecule has 0 bridgehead atoms. The zero-order chi connectivity index (χ0) is 9.54. The number of rotatable bonds is 0. The number of aromatic nitrogens is 2. The number of hydrogen-bond donors (Lipinski definition) is 0. The van der Waals surface area contributed by atoms with Crippen molar-refractivity contribution in [3.05, 3.63) is 23.8 Å². The van der Waals surface area contributed by atoms with Gasteiger partial charge in [0.1, 0.15) is 0 Å².